The van der Waals surface area contributed by atoms with Crippen LogP contribution in [0.2, 0.25) is 0 Å². The Bertz CT molecular complexity index is 666. The Kier molecular flexibility index (Phi) is 8.62. The first-order chi connectivity index (χ1) is 14.4. The fourth-order valence-electron chi connectivity index (χ4n) is 3.72. The molecule has 30 heavy (non-hydrogen) atoms. The molecule has 7 heteroatoms. The SMILES string of the molecule is CC(C)COC[C@@H](O)CN1CCO[C@@H](CN(CC2CC2)C(=O)c2ccc(F)cc2)C1. The first-order valence-corrected chi connectivity index (χ1v) is 11.0. The smallest absolute Gasteiger partial charge is 0.253 e. The van der Waals surface area contributed by atoms with Gasteiger partial charge < -0.3 is 19.5 Å². The van der Waals surface area contributed by atoms with Crippen LogP contribution in [0.3, 0.4) is 0 Å². The Labute approximate surface area is 178 Å². The summed E-state index contributed by atoms with van der Waals surface area (Å²) in [4.78, 5) is 17.0. The van der Waals surface area contributed by atoms with Crippen molar-refractivity contribution in [2.45, 2.75) is 38.9 Å². The molecule has 0 aromatic heterocycles. The van der Waals surface area contributed by atoms with Crippen molar-refractivity contribution in [2.75, 3.05) is 52.5 Å². The van der Waals surface area contributed by atoms with Crippen LogP contribution in [0.5, 0.6) is 0 Å². The van der Waals surface area contributed by atoms with E-state index in [0.717, 1.165) is 19.4 Å². The molecule has 0 unspecified atom stereocenters. The van der Waals surface area contributed by atoms with Gasteiger partial charge in [-0.1, -0.05) is 13.8 Å². The molecule has 2 atom stereocenters. The molecule has 1 aromatic rings. The third-order valence-corrected chi connectivity index (χ3v) is 5.43. The number of aliphatic hydroxyl groups excluding tert-OH is 1. The third kappa shape index (κ3) is 7.61. The molecule has 1 heterocycles. The zero-order valence-electron chi connectivity index (χ0n) is 18.1. The number of β-amino-alcohol motifs (C(OH)–C–C–N with tert-alkyl or cyclic N) is 1. The van der Waals surface area contributed by atoms with Gasteiger partial charge in [0, 0.05) is 44.9 Å². The number of aliphatic hydroxyl groups is 1. The number of amides is 1. The van der Waals surface area contributed by atoms with Crippen LogP contribution in [0.4, 0.5) is 4.39 Å². The Morgan fingerprint density at radius 1 is 1.27 bits per heavy atom. The maximum atomic E-state index is 13.2. The highest BCUT2D eigenvalue weighted by atomic mass is 19.1. The van der Waals surface area contributed by atoms with Gasteiger partial charge in [-0.25, -0.2) is 4.39 Å². The normalized spacial score (nSPS) is 21.0. The van der Waals surface area contributed by atoms with Crippen LogP contribution in [0.15, 0.2) is 24.3 Å². The van der Waals surface area contributed by atoms with Crippen LogP contribution >= 0.6 is 0 Å². The standard InChI is InChI=1S/C23H35FN2O4/c1-17(2)15-29-16-21(27)12-25-9-10-30-22(13-25)14-26(11-18-3-4-18)23(28)19-5-7-20(24)8-6-19/h5-8,17-18,21-22,27H,3-4,9-16H2,1-2H3/t21-,22+/m0/s1. The van der Waals surface area contributed by atoms with Gasteiger partial charge in [-0.3, -0.25) is 9.69 Å². The van der Waals surface area contributed by atoms with Crippen molar-refractivity contribution in [2.24, 2.45) is 11.8 Å². The summed E-state index contributed by atoms with van der Waals surface area (Å²) in [5.74, 6) is 0.572. The quantitative estimate of drug-likeness (QED) is 0.593. The van der Waals surface area contributed by atoms with E-state index < -0.39 is 6.10 Å². The molecule has 3 rings (SSSR count). The second-order valence-electron chi connectivity index (χ2n) is 9.00. The van der Waals surface area contributed by atoms with E-state index in [1.807, 2.05) is 4.90 Å². The molecule has 1 saturated carbocycles. The molecule has 0 spiro atoms. The number of ether oxygens (including phenoxy) is 2. The summed E-state index contributed by atoms with van der Waals surface area (Å²) in [5.41, 5.74) is 0.502. The Morgan fingerprint density at radius 2 is 2.00 bits per heavy atom. The second-order valence-corrected chi connectivity index (χ2v) is 9.00. The van der Waals surface area contributed by atoms with Gasteiger partial charge >= 0.3 is 0 Å². The first kappa shape index (κ1) is 23.1. The Morgan fingerprint density at radius 3 is 2.67 bits per heavy atom. The highest BCUT2D eigenvalue weighted by Crippen LogP contribution is 2.30. The second kappa shape index (κ2) is 11.2. The van der Waals surface area contributed by atoms with E-state index >= 15 is 0 Å². The minimum Gasteiger partial charge on any atom is -0.389 e. The van der Waals surface area contributed by atoms with Gasteiger partial charge in [-0.05, 0) is 48.9 Å². The molecular formula is C23H35FN2O4. The van der Waals surface area contributed by atoms with Gasteiger partial charge in [0.25, 0.3) is 5.91 Å². The van der Waals surface area contributed by atoms with E-state index in [1.165, 1.54) is 12.1 Å². The topological polar surface area (TPSA) is 62.2 Å². The largest absolute Gasteiger partial charge is 0.389 e. The zero-order valence-corrected chi connectivity index (χ0v) is 18.1. The number of nitrogens with zero attached hydrogens (tertiary/aromatic N) is 2. The minimum atomic E-state index is -0.536. The number of hydrogen-bond acceptors (Lipinski definition) is 5. The first-order valence-electron chi connectivity index (χ1n) is 11.0. The van der Waals surface area contributed by atoms with Crippen LogP contribution in [-0.2, 0) is 9.47 Å². The van der Waals surface area contributed by atoms with Gasteiger partial charge in [-0.15, -0.1) is 0 Å². The number of morpholine rings is 1. The predicted molar refractivity (Wildman–Crippen MR) is 113 cm³/mol. The molecule has 2 aliphatic rings. The predicted octanol–water partition coefficient (Wildman–Crippen LogP) is 2.41. The lowest BCUT2D eigenvalue weighted by Gasteiger charge is -2.36. The van der Waals surface area contributed by atoms with Gasteiger partial charge in [0.2, 0.25) is 0 Å². The van der Waals surface area contributed by atoms with Gasteiger partial charge in [0.1, 0.15) is 5.82 Å². The summed E-state index contributed by atoms with van der Waals surface area (Å²) in [5, 5.41) is 10.3. The molecular weight excluding hydrogens is 387 g/mol. The highest BCUT2D eigenvalue weighted by Gasteiger charge is 2.31. The van der Waals surface area contributed by atoms with E-state index in [4.69, 9.17) is 9.47 Å². The van der Waals surface area contributed by atoms with E-state index in [0.29, 0.717) is 63.4 Å². The third-order valence-electron chi connectivity index (χ3n) is 5.43. The number of carbonyl (C=O) groups excluding carboxylic acids is 1. The summed E-state index contributed by atoms with van der Waals surface area (Å²) >= 11 is 0. The lowest BCUT2D eigenvalue weighted by Crippen LogP contribution is -2.51. The lowest BCUT2D eigenvalue weighted by atomic mass is 10.1. The summed E-state index contributed by atoms with van der Waals surface area (Å²) in [6.45, 7) is 8.88. The molecule has 1 aliphatic heterocycles. The van der Waals surface area contributed by atoms with Crippen LogP contribution in [-0.4, -0.2) is 85.6 Å². The van der Waals surface area contributed by atoms with E-state index in [1.54, 1.807) is 12.1 Å². The van der Waals surface area contributed by atoms with Crippen molar-refractivity contribution in [3.8, 4) is 0 Å². The highest BCUT2D eigenvalue weighted by molar-refractivity contribution is 5.94. The Hall–Kier alpha value is -1.54. The maximum absolute atomic E-state index is 13.2. The van der Waals surface area contributed by atoms with Crippen LogP contribution < -0.4 is 0 Å². The van der Waals surface area contributed by atoms with Gasteiger partial charge in [0.05, 0.1) is 25.4 Å². The molecule has 0 bridgehead atoms. The van der Waals surface area contributed by atoms with Crippen molar-refractivity contribution in [1.29, 1.82) is 0 Å². The molecule has 1 amide bonds. The molecule has 1 N–H and O–H groups in total. The lowest BCUT2D eigenvalue weighted by molar-refractivity contribution is -0.0599. The summed E-state index contributed by atoms with van der Waals surface area (Å²) in [6.07, 6.45) is 1.65. The number of carbonyl (C=O) groups is 1. The molecule has 2 fully saturated rings. The number of hydrogen-bond donors (Lipinski definition) is 1. The fourth-order valence-corrected chi connectivity index (χ4v) is 3.72. The van der Waals surface area contributed by atoms with Crippen LogP contribution in [0.1, 0.15) is 37.0 Å². The molecule has 168 valence electrons. The fraction of sp³-hybridized carbons (Fsp3) is 0.696. The van der Waals surface area contributed by atoms with Crippen LogP contribution in [0, 0.1) is 17.7 Å². The average molecular weight is 423 g/mol. The van der Waals surface area contributed by atoms with Gasteiger partial charge in [-0.2, -0.15) is 0 Å². The van der Waals surface area contributed by atoms with E-state index in [2.05, 4.69) is 18.7 Å². The monoisotopic (exact) mass is 422 g/mol. The van der Waals surface area contributed by atoms with Crippen molar-refractivity contribution >= 4 is 5.91 Å². The molecule has 1 aliphatic carbocycles. The average Bonchev–Trinajstić information content (AvgIpc) is 3.51. The minimum absolute atomic E-state index is 0.0789. The van der Waals surface area contributed by atoms with Crippen molar-refractivity contribution in [3.05, 3.63) is 35.6 Å². The van der Waals surface area contributed by atoms with Crippen LogP contribution in [0.25, 0.3) is 0 Å². The molecule has 0 radical (unpaired) electrons. The Balaban J connectivity index is 1.52. The summed E-state index contributed by atoms with van der Waals surface area (Å²) < 4.78 is 24.7. The summed E-state index contributed by atoms with van der Waals surface area (Å²) in [6, 6.07) is 5.73. The van der Waals surface area contributed by atoms with E-state index in [9.17, 15) is 14.3 Å². The van der Waals surface area contributed by atoms with Crippen molar-refractivity contribution in [1.82, 2.24) is 9.80 Å². The number of benzene rings is 1. The van der Waals surface area contributed by atoms with Crippen molar-refractivity contribution in [3.63, 3.8) is 0 Å². The zero-order chi connectivity index (χ0) is 21.5. The van der Waals surface area contributed by atoms with Gasteiger partial charge in [0.15, 0.2) is 0 Å². The van der Waals surface area contributed by atoms with Crippen molar-refractivity contribution < 1.29 is 23.8 Å². The van der Waals surface area contributed by atoms with E-state index in [-0.39, 0.29) is 17.8 Å². The number of halogens is 1. The summed E-state index contributed by atoms with van der Waals surface area (Å²) in [7, 11) is 0. The number of rotatable bonds is 11. The molecule has 1 aromatic carbocycles. The maximum Gasteiger partial charge on any atom is 0.253 e. The molecule has 6 nitrogen and oxygen atoms in total. The molecule has 1 saturated heterocycles.